The highest BCUT2D eigenvalue weighted by Gasteiger charge is 2.31. The average molecular weight is 262 g/mol. The van der Waals surface area contributed by atoms with E-state index in [1.165, 1.54) is 36.9 Å². The molecule has 0 bridgehead atoms. The summed E-state index contributed by atoms with van der Waals surface area (Å²) in [4.78, 5) is 3.03. The summed E-state index contributed by atoms with van der Waals surface area (Å²) in [7, 11) is 0. The summed E-state index contributed by atoms with van der Waals surface area (Å²) in [6, 6.07) is 6.94. The summed E-state index contributed by atoms with van der Waals surface area (Å²) >= 11 is 5.20. The van der Waals surface area contributed by atoms with Crippen molar-refractivity contribution in [2.24, 2.45) is 5.73 Å². The van der Waals surface area contributed by atoms with Gasteiger partial charge in [0, 0.05) is 18.2 Å². The molecule has 98 valence electrons. The lowest BCUT2D eigenvalue weighted by Crippen LogP contribution is -2.30. The Bertz CT molecular complexity index is 438. The first kappa shape index (κ1) is 13.3. The number of unbranched alkanes of at least 4 members (excludes halogenated alkanes) is 1. The van der Waals surface area contributed by atoms with Crippen molar-refractivity contribution in [1.82, 2.24) is 0 Å². The zero-order chi connectivity index (χ0) is 13.1. The topological polar surface area (TPSA) is 29.3 Å². The summed E-state index contributed by atoms with van der Waals surface area (Å²) in [6.45, 7) is 5.50. The molecular formula is C15H22N2S. The van der Waals surface area contributed by atoms with Gasteiger partial charge in [0.2, 0.25) is 0 Å². The maximum atomic E-state index is 5.88. The number of anilines is 1. The molecule has 1 aliphatic rings. The number of rotatable bonds is 6. The highest BCUT2D eigenvalue weighted by molar-refractivity contribution is 7.80. The summed E-state index contributed by atoms with van der Waals surface area (Å²) in [5, 5.41) is 0. The van der Waals surface area contributed by atoms with E-state index in [-0.39, 0.29) is 0 Å². The van der Waals surface area contributed by atoms with Crippen LogP contribution in [0.1, 0.15) is 43.7 Å². The molecule has 0 unspecified atom stereocenters. The Labute approximate surface area is 115 Å². The molecule has 2 rings (SSSR count). The molecule has 0 spiro atoms. The van der Waals surface area contributed by atoms with Crippen LogP contribution in [0.25, 0.3) is 0 Å². The SMILES string of the molecule is CCCCN(c1c(C)cccc1C(N)=S)C1CC1. The van der Waals surface area contributed by atoms with Gasteiger partial charge in [-0.15, -0.1) is 0 Å². The molecule has 1 aliphatic carbocycles. The second kappa shape index (κ2) is 5.70. The fraction of sp³-hybridized carbons (Fsp3) is 0.533. The molecule has 0 radical (unpaired) electrons. The van der Waals surface area contributed by atoms with Gasteiger partial charge in [-0.1, -0.05) is 37.7 Å². The molecule has 0 aliphatic heterocycles. The van der Waals surface area contributed by atoms with Crippen LogP contribution < -0.4 is 10.6 Å². The average Bonchev–Trinajstić information content (AvgIpc) is 3.15. The van der Waals surface area contributed by atoms with E-state index in [2.05, 4.69) is 24.8 Å². The standard InChI is InChI=1S/C15H22N2S/c1-3-4-10-17(12-8-9-12)14-11(2)6-5-7-13(14)15(16)18/h5-7,12H,3-4,8-10H2,1-2H3,(H2,16,18). The third kappa shape index (κ3) is 2.83. The Balaban J connectivity index is 2.36. The Hall–Kier alpha value is -1.09. The monoisotopic (exact) mass is 262 g/mol. The van der Waals surface area contributed by atoms with Gasteiger partial charge in [-0.3, -0.25) is 0 Å². The largest absolute Gasteiger partial charge is 0.389 e. The molecule has 0 atom stereocenters. The van der Waals surface area contributed by atoms with Crippen molar-refractivity contribution >= 4 is 22.9 Å². The number of hydrogen-bond acceptors (Lipinski definition) is 2. The maximum Gasteiger partial charge on any atom is 0.106 e. The molecule has 2 nitrogen and oxygen atoms in total. The van der Waals surface area contributed by atoms with E-state index < -0.39 is 0 Å². The number of aryl methyl sites for hydroxylation is 1. The zero-order valence-corrected chi connectivity index (χ0v) is 12.1. The quantitative estimate of drug-likeness (QED) is 0.797. The van der Waals surface area contributed by atoms with Crippen molar-refractivity contribution in [1.29, 1.82) is 0 Å². The second-order valence-corrected chi connectivity index (χ2v) is 5.55. The zero-order valence-electron chi connectivity index (χ0n) is 11.3. The Morgan fingerprint density at radius 2 is 2.17 bits per heavy atom. The van der Waals surface area contributed by atoms with Gasteiger partial charge in [0.15, 0.2) is 0 Å². The third-order valence-corrected chi connectivity index (χ3v) is 3.75. The van der Waals surface area contributed by atoms with E-state index in [9.17, 15) is 0 Å². The number of hydrogen-bond donors (Lipinski definition) is 1. The van der Waals surface area contributed by atoms with Crippen LogP contribution in [0, 0.1) is 6.92 Å². The lowest BCUT2D eigenvalue weighted by molar-refractivity contribution is 0.711. The number of nitrogens with zero attached hydrogens (tertiary/aromatic N) is 1. The molecule has 0 amide bonds. The second-order valence-electron chi connectivity index (χ2n) is 5.11. The van der Waals surface area contributed by atoms with Crippen LogP contribution in [0.3, 0.4) is 0 Å². The minimum atomic E-state index is 0.510. The van der Waals surface area contributed by atoms with Crippen molar-refractivity contribution in [3.05, 3.63) is 29.3 Å². The third-order valence-electron chi connectivity index (χ3n) is 3.53. The predicted molar refractivity (Wildman–Crippen MR) is 82.3 cm³/mol. The number of benzene rings is 1. The van der Waals surface area contributed by atoms with Crippen LogP contribution in [0.5, 0.6) is 0 Å². The van der Waals surface area contributed by atoms with E-state index in [0.29, 0.717) is 11.0 Å². The summed E-state index contributed by atoms with van der Waals surface area (Å²) in [6.07, 6.45) is 5.04. The van der Waals surface area contributed by atoms with Gasteiger partial charge < -0.3 is 10.6 Å². The van der Waals surface area contributed by atoms with Crippen LogP contribution in [-0.4, -0.2) is 17.6 Å². The van der Waals surface area contributed by atoms with Crippen molar-refractivity contribution in [3.63, 3.8) is 0 Å². The van der Waals surface area contributed by atoms with Gasteiger partial charge in [-0.25, -0.2) is 0 Å². The summed E-state index contributed by atoms with van der Waals surface area (Å²) < 4.78 is 0. The normalized spacial score (nSPS) is 14.6. The van der Waals surface area contributed by atoms with Crippen molar-refractivity contribution in [2.45, 2.75) is 45.6 Å². The van der Waals surface area contributed by atoms with Gasteiger partial charge in [-0.2, -0.15) is 0 Å². The molecule has 18 heavy (non-hydrogen) atoms. The van der Waals surface area contributed by atoms with Crippen molar-refractivity contribution in [2.75, 3.05) is 11.4 Å². The van der Waals surface area contributed by atoms with Crippen molar-refractivity contribution < 1.29 is 0 Å². The highest BCUT2D eigenvalue weighted by Crippen LogP contribution is 2.35. The molecule has 1 fully saturated rings. The van der Waals surface area contributed by atoms with Gasteiger partial charge in [0.1, 0.15) is 4.99 Å². The minimum Gasteiger partial charge on any atom is -0.389 e. The Kier molecular flexibility index (Phi) is 4.23. The smallest absolute Gasteiger partial charge is 0.106 e. The Morgan fingerprint density at radius 3 is 2.72 bits per heavy atom. The van der Waals surface area contributed by atoms with Gasteiger partial charge in [0.25, 0.3) is 0 Å². The maximum absolute atomic E-state index is 5.88. The van der Waals surface area contributed by atoms with E-state index in [1.807, 2.05) is 12.1 Å². The van der Waals surface area contributed by atoms with Crippen LogP contribution in [-0.2, 0) is 0 Å². The van der Waals surface area contributed by atoms with Crippen LogP contribution in [0.15, 0.2) is 18.2 Å². The molecule has 2 N–H and O–H groups in total. The highest BCUT2D eigenvalue weighted by atomic mass is 32.1. The first-order chi connectivity index (χ1) is 8.65. The van der Waals surface area contributed by atoms with E-state index in [0.717, 1.165) is 12.1 Å². The Morgan fingerprint density at radius 1 is 1.44 bits per heavy atom. The molecule has 0 heterocycles. The van der Waals surface area contributed by atoms with Crippen LogP contribution in [0.2, 0.25) is 0 Å². The summed E-state index contributed by atoms with van der Waals surface area (Å²) in [5.74, 6) is 0. The first-order valence-electron chi connectivity index (χ1n) is 6.81. The summed E-state index contributed by atoms with van der Waals surface area (Å²) in [5.41, 5.74) is 9.46. The lowest BCUT2D eigenvalue weighted by Gasteiger charge is -2.28. The van der Waals surface area contributed by atoms with Gasteiger partial charge in [0.05, 0.1) is 5.69 Å². The molecular weight excluding hydrogens is 240 g/mol. The van der Waals surface area contributed by atoms with Gasteiger partial charge in [-0.05, 0) is 37.8 Å². The molecule has 0 aromatic heterocycles. The van der Waals surface area contributed by atoms with E-state index in [1.54, 1.807) is 0 Å². The van der Waals surface area contributed by atoms with Crippen LogP contribution in [0.4, 0.5) is 5.69 Å². The molecule has 1 saturated carbocycles. The minimum absolute atomic E-state index is 0.510. The first-order valence-corrected chi connectivity index (χ1v) is 7.22. The lowest BCUT2D eigenvalue weighted by atomic mass is 10.1. The van der Waals surface area contributed by atoms with Crippen molar-refractivity contribution in [3.8, 4) is 0 Å². The fourth-order valence-corrected chi connectivity index (χ4v) is 2.60. The fourth-order valence-electron chi connectivity index (χ4n) is 2.43. The van der Waals surface area contributed by atoms with Crippen LogP contribution >= 0.6 is 12.2 Å². The molecule has 1 aromatic carbocycles. The van der Waals surface area contributed by atoms with E-state index >= 15 is 0 Å². The molecule has 0 saturated heterocycles. The molecule has 3 heteroatoms. The number of para-hydroxylation sites is 1. The number of thiocarbonyl (C=S) groups is 1. The number of nitrogens with two attached hydrogens (primary N) is 1. The predicted octanol–water partition coefficient (Wildman–Crippen LogP) is 3.40. The molecule has 1 aromatic rings. The van der Waals surface area contributed by atoms with E-state index in [4.69, 9.17) is 18.0 Å². The van der Waals surface area contributed by atoms with Gasteiger partial charge >= 0.3 is 0 Å².